The van der Waals surface area contributed by atoms with Crippen LogP contribution < -0.4 is 11.1 Å². The number of nitrogens with one attached hydrogen (secondary N) is 1. The fraction of sp³-hybridized carbons (Fsp3) is 0.533. The van der Waals surface area contributed by atoms with Gasteiger partial charge in [-0.15, -0.1) is 0 Å². The largest absolute Gasteiger partial charge is 0.399 e. The van der Waals surface area contributed by atoms with Crippen LogP contribution in [0.15, 0.2) is 18.2 Å². The molecule has 1 amide bonds. The molecule has 0 aromatic heterocycles. The molecule has 1 aromatic carbocycles. The predicted molar refractivity (Wildman–Crippen MR) is 76.1 cm³/mol. The van der Waals surface area contributed by atoms with Gasteiger partial charge in [0.1, 0.15) is 0 Å². The Bertz CT molecular complexity index is 442. The number of hydrogen-bond acceptors (Lipinski definition) is 3. The first-order chi connectivity index (χ1) is 9.16. The SMILES string of the molecule is Cc1ccc(N)cc1C(=O)NCCCOCC1CC1. The summed E-state index contributed by atoms with van der Waals surface area (Å²) in [6, 6.07) is 5.38. The first kappa shape index (κ1) is 13.9. The van der Waals surface area contributed by atoms with E-state index in [1.807, 2.05) is 13.0 Å². The highest BCUT2D eigenvalue weighted by Crippen LogP contribution is 2.28. The van der Waals surface area contributed by atoms with Crippen molar-refractivity contribution in [1.82, 2.24) is 5.32 Å². The van der Waals surface area contributed by atoms with Crippen LogP contribution in [0.2, 0.25) is 0 Å². The van der Waals surface area contributed by atoms with Crippen LogP contribution in [0.25, 0.3) is 0 Å². The van der Waals surface area contributed by atoms with Crippen LogP contribution >= 0.6 is 0 Å². The number of benzene rings is 1. The Morgan fingerprint density at radius 2 is 2.26 bits per heavy atom. The van der Waals surface area contributed by atoms with Crippen molar-refractivity contribution in [2.24, 2.45) is 5.92 Å². The molecule has 4 heteroatoms. The molecule has 0 aliphatic heterocycles. The van der Waals surface area contributed by atoms with Gasteiger partial charge in [-0.25, -0.2) is 0 Å². The molecule has 1 saturated carbocycles. The van der Waals surface area contributed by atoms with E-state index in [9.17, 15) is 4.79 Å². The third-order valence-electron chi connectivity index (χ3n) is 3.31. The second kappa shape index (κ2) is 6.57. The summed E-state index contributed by atoms with van der Waals surface area (Å²) in [5.41, 5.74) is 7.90. The summed E-state index contributed by atoms with van der Waals surface area (Å²) in [6.45, 7) is 4.14. The van der Waals surface area contributed by atoms with E-state index in [4.69, 9.17) is 10.5 Å². The molecule has 1 fully saturated rings. The van der Waals surface area contributed by atoms with Gasteiger partial charge in [0.25, 0.3) is 5.91 Å². The van der Waals surface area contributed by atoms with Gasteiger partial charge in [-0.3, -0.25) is 4.79 Å². The topological polar surface area (TPSA) is 64.4 Å². The van der Waals surface area contributed by atoms with Crippen LogP contribution in [-0.2, 0) is 4.74 Å². The van der Waals surface area contributed by atoms with Crippen molar-refractivity contribution < 1.29 is 9.53 Å². The fourth-order valence-corrected chi connectivity index (χ4v) is 1.89. The Hall–Kier alpha value is -1.55. The van der Waals surface area contributed by atoms with E-state index in [2.05, 4.69) is 5.32 Å². The van der Waals surface area contributed by atoms with Crippen LogP contribution in [0.4, 0.5) is 5.69 Å². The van der Waals surface area contributed by atoms with Crippen LogP contribution in [-0.4, -0.2) is 25.7 Å². The maximum atomic E-state index is 12.0. The second-order valence-corrected chi connectivity index (χ2v) is 5.20. The highest BCUT2D eigenvalue weighted by atomic mass is 16.5. The lowest BCUT2D eigenvalue weighted by Gasteiger charge is -2.08. The quantitative estimate of drug-likeness (QED) is 0.584. The first-order valence-corrected chi connectivity index (χ1v) is 6.89. The number of hydrogen-bond donors (Lipinski definition) is 2. The number of rotatable bonds is 7. The minimum atomic E-state index is -0.0630. The van der Waals surface area contributed by atoms with E-state index in [-0.39, 0.29) is 5.91 Å². The zero-order valence-corrected chi connectivity index (χ0v) is 11.4. The summed E-state index contributed by atoms with van der Waals surface area (Å²) in [5, 5.41) is 2.90. The maximum absolute atomic E-state index is 12.0. The molecule has 3 N–H and O–H groups in total. The van der Waals surface area contributed by atoms with Gasteiger partial charge in [-0.1, -0.05) is 6.07 Å². The normalized spacial score (nSPS) is 14.4. The Morgan fingerprint density at radius 1 is 1.47 bits per heavy atom. The van der Waals surface area contributed by atoms with Crippen molar-refractivity contribution in [2.45, 2.75) is 26.2 Å². The van der Waals surface area contributed by atoms with Gasteiger partial charge < -0.3 is 15.8 Å². The maximum Gasteiger partial charge on any atom is 0.251 e. The van der Waals surface area contributed by atoms with Crippen molar-refractivity contribution in [3.8, 4) is 0 Å². The van der Waals surface area contributed by atoms with Crippen LogP contribution in [0.1, 0.15) is 35.2 Å². The fourth-order valence-electron chi connectivity index (χ4n) is 1.89. The van der Waals surface area contributed by atoms with Crippen molar-refractivity contribution in [1.29, 1.82) is 0 Å². The van der Waals surface area contributed by atoms with Gasteiger partial charge in [0.05, 0.1) is 0 Å². The first-order valence-electron chi connectivity index (χ1n) is 6.89. The Labute approximate surface area is 114 Å². The lowest BCUT2D eigenvalue weighted by Crippen LogP contribution is -2.26. The van der Waals surface area contributed by atoms with Gasteiger partial charge >= 0.3 is 0 Å². The summed E-state index contributed by atoms with van der Waals surface area (Å²) in [4.78, 5) is 12.0. The van der Waals surface area contributed by atoms with Crippen molar-refractivity contribution in [2.75, 3.05) is 25.5 Å². The molecule has 1 aliphatic carbocycles. The van der Waals surface area contributed by atoms with E-state index in [1.54, 1.807) is 12.1 Å². The number of ether oxygens (including phenoxy) is 1. The van der Waals surface area contributed by atoms with Gasteiger partial charge in [0.15, 0.2) is 0 Å². The summed E-state index contributed by atoms with van der Waals surface area (Å²) in [7, 11) is 0. The van der Waals surface area contributed by atoms with Gasteiger partial charge in [0, 0.05) is 31.0 Å². The van der Waals surface area contributed by atoms with Crippen molar-refractivity contribution in [3.63, 3.8) is 0 Å². The molecule has 0 radical (unpaired) electrons. The minimum absolute atomic E-state index is 0.0630. The molecular weight excluding hydrogens is 240 g/mol. The van der Waals surface area contributed by atoms with E-state index in [0.29, 0.717) is 24.4 Å². The molecule has 0 bridgehead atoms. The zero-order chi connectivity index (χ0) is 13.7. The molecule has 0 spiro atoms. The number of nitrogen functional groups attached to an aromatic ring is 1. The molecule has 1 aliphatic rings. The molecule has 2 rings (SSSR count). The number of amides is 1. The molecule has 0 heterocycles. The van der Waals surface area contributed by atoms with Gasteiger partial charge in [-0.2, -0.15) is 0 Å². The summed E-state index contributed by atoms with van der Waals surface area (Å²) in [5.74, 6) is 0.733. The Morgan fingerprint density at radius 3 is 3.00 bits per heavy atom. The van der Waals surface area contributed by atoms with E-state index in [0.717, 1.165) is 24.5 Å². The molecule has 104 valence electrons. The average molecular weight is 262 g/mol. The minimum Gasteiger partial charge on any atom is -0.399 e. The lowest BCUT2D eigenvalue weighted by molar-refractivity contribution is 0.0937. The Kier molecular flexibility index (Phi) is 4.80. The molecule has 19 heavy (non-hydrogen) atoms. The van der Waals surface area contributed by atoms with Gasteiger partial charge in [0.2, 0.25) is 0 Å². The Balaban J connectivity index is 1.66. The zero-order valence-electron chi connectivity index (χ0n) is 11.4. The number of nitrogens with two attached hydrogens (primary N) is 1. The van der Waals surface area contributed by atoms with E-state index in [1.165, 1.54) is 12.8 Å². The standard InChI is InChI=1S/C15H22N2O2/c1-11-3-6-13(16)9-14(11)15(18)17-7-2-8-19-10-12-4-5-12/h3,6,9,12H,2,4-5,7-8,10,16H2,1H3,(H,17,18). The molecule has 0 unspecified atom stereocenters. The van der Waals surface area contributed by atoms with Crippen LogP contribution in [0, 0.1) is 12.8 Å². The smallest absolute Gasteiger partial charge is 0.251 e. The number of carbonyl (C=O) groups is 1. The van der Waals surface area contributed by atoms with Crippen molar-refractivity contribution in [3.05, 3.63) is 29.3 Å². The van der Waals surface area contributed by atoms with Gasteiger partial charge in [-0.05, 0) is 49.8 Å². The average Bonchev–Trinajstić information content (AvgIpc) is 3.20. The lowest BCUT2D eigenvalue weighted by atomic mass is 10.1. The third kappa shape index (κ3) is 4.56. The highest BCUT2D eigenvalue weighted by molar-refractivity contribution is 5.96. The monoisotopic (exact) mass is 262 g/mol. The number of carbonyl (C=O) groups excluding carboxylic acids is 1. The van der Waals surface area contributed by atoms with Crippen molar-refractivity contribution >= 4 is 11.6 Å². The summed E-state index contributed by atoms with van der Waals surface area (Å²) < 4.78 is 5.52. The summed E-state index contributed by atoms with van der Waals surface area (Å²) in [6.07, 6.45) is 3.47. The molecular formula is C15H22N2O2. The second-order valence-electron chi connectivity index (χ2n) is 5.20. The number of aryl methyl sites for hydroxylation is 1. The molecule has 4 nitrogen and oxygen atoms in total. The highest BCUT2D eigenvalue weighted by Gasteiger charge is 2.20. The van der Waals surface area contributed by atoms with E-state index < -0.39 is 0 Å². The van der Waals surface area contributed by atoms with Crippen LogP contribution in [0.5, 0.6) is 0 Å². The van der Waals surface area contributed by atoms with E-state index >= 15 is 0 Å². The summed E-state index contributed by atoms with van der Waals surface area (Å²) >= 11 is 0. The van der Waals surface area contributed by atoms with Crippen LogP contribution in [0.3, 0.4) is 0 Å². The molecule has 0 saturated heterocycles. The number of anilines is 1. The predicted octanol–water partition coefficient (Wildman–Crippen LogP) is 2.12. The molecule has 0 atom stereocenters. The third-order valence-corrected chi connectivity index (χ3v) is 3.31. The molecule has 1 aromatic rings.